The second kappa shape index (κ2) is 7.09. The molecule has 1 heterocycles. The Hall–Kier alpha value is -2.27. The zero-order valence-electron chi connectivity index (χ0n) is 13.0. The molecule has 0 saturated carbocycles. The van der Waals surface area contributed by atoms with Crippen molar-refractivity contribution in [1.82, 2.24) is 5.32 Å². The van der Waals surface area contributed by atoms with Gasteiger partial charge in [0.1, 0.15) is 6.61 Å². The third-order valence-electron chi connectivity index (χ3n) is 4.07. The summed E-state index contributed by atoms with van der Waals surface area (Å²) in [5, 5.41) is 3.30. The molecule has 2 aromatic carbocycles. The van der Waals surface area contributed by atoms with Gasteiger partial charge in [-0.15, -0.1) is 0 Å². The molecule has 1 saturated heterocycles. The van der Waals surface area contributed by atoms with Crippen molar-refractivity contribution >= 4 is 0 Å². The van der Waals surface area contributed by atoms with Gasteiger partial charge in [0.25, 0.3) is 0 Å². The van der Waals surface area contributed by atoms with Gasteiger partial charge in [-0.2, -0.15) is 13.2 Å². The average Bonchev–Trinajstić information content (AvgIpc) is 3.04. The number of rotatable bonds is 4. The minimum Gasteiger partial charge on any atom is -0.496 e. The first-order valence-corrected chi connectivity index (χ1v) is 7.76. The highest BCUT2D eigenvalue weighted by Crippen LogP contribution is 2.30. The lowest BCUT2D eigenvalue weighted by Crippen LogP contribution is -2.07. The van der Waals surface area contributed by atoms with Gasteiger partial charge in [-0.1, -0.05) is 42.5 Å². The van der Waals surface area contributed by atoms with Crippen molar-refractivity contribution in [2.75, 3.05) is 13.1 Å². The standard InChI is InChI=1S/C19H18F3NO/c20-19(21,22)17-8-4-5-14(9-17)12-24-13-16-10-23-11-18(16)15-6-2-1-3-7-15/h1-9,13,18,23H,10-12H2/b16-13+/t18-/m0/s1. The minimum atomic E-state index is -4.33. The summed E-state index contributed by atoms with van der Waals surface area (Å²) in [6.07, 6.45) is -2.65. The molecule has 1 atom stereocenters. The van der Waals surface area contributed by atoms with E-state index in [2.05, 4.69) is 17.4 Å². The Morgan fingerprint density at radius 1 is 1.08 bits per heavy atom. The van der Waals surface area contributed by atoms with Crippen molar-refractivity contribution < 1.29 is 17.9 Å². The highest BCUT2D eigenvalue weighted by Gasteiger charge is 2.30. The van der Waals surface area contributed by atoms with Crippen LogP contribution in [0.4, 0.5) is 13.2 Å². The molecule has 126 valence electrons. The summed E-state index contributed by atoms with van der Waals surface area (Å²) in [4.78, 5) is 0. The van der Waals surface area contributed by atoms with Gasteiger partial charge in [0.2, 0.25) is 0 Å². The van der Waals surface area contributed by atoms with Crippen LogP contribution in [0.2, 0.25) is 0 Å². The highest BCUT2D eigenvalue weighted by molar-refractivity contribution is 5.32. The van der Waals surface area contributed by atoms with Gasteiger partial charge in [-0.3, -0.25) is 0 Å². The van der Waals surface area contributed by atoms with Crippen molar-refractivity contribution in [2.45, 2.75) is 18.7 Å². The van der Waals surface area contributed by atoms with E-state index < -0.39 is 11.7 Å². The summed E-state index contributed by atoms with van der Waals surface area (Å²) in [5.74, 6) is 0.243. The lowest BCUT2D eigenvalue weighted by molar-refractivity contribution is -0.137. The molecule has 0 amide bonds. The first kappa shape index (κ1) is 16.6. The molecule has 3 rings (SSSR count). The van der Waals surface area contributed by atoms with Crippen LogP contribution in [0.25, 0.3) is 0 Å². The van der Waals surface area contributed by atoms with Crippen molar-refractivity contribution in [3.05, 3.63) is 83.1 Å². The molecule has 0 unspecified atom stereocenters. The summed E-state index contributed by atoms with van der Waals surface area (Å²) < 4.78 is 43.7. The zero-order chi connectivity index (χ0) is 17.0. The second-order valence-electron chi connectivity index (χ2n) is 5.80. The Balaban J connectivity index is 1.66. The van der Waals surface area contributed by atoms with Crippen LogP contribution >= 0.6 is 0 Å². The second-order valence-corrected chi connectivity index (χ2v) is 5.80. The van der Waals surface area contributed by atoms with Crippen molar-refractivity contribution in [1.29, 1.82) is 0 Å². The molecule has 0 aliphatic carbocycles. The highest BCUT2D eigenvalue weighted by atomic mass is 19.4. The van der Waals surface area contributed by atoms with Crippen LogP contribution < -0.4 is 5.32 Å². The van der Waals surface area contributed by atoms with E-state index in [-0.39, 0.29) is 12.5 Å². The van der Waals surface area contributed by atoms with E-state index in [1.54, 1.807) is 12.3 Å². The number of nitrogens with one attached hydrogen (secondary N) is 1. The predicted octanol–water partition coefficient (Wildman–Crippen LogP) is 4.49. The van der Waals surface area contributed by atoms with Gasteiger partial charge >= 0.3 is 6.18 Å². The van der Waals surface area contributed by atoms with Gasteiger partial charge in [-0.05, 0) is 28.8 Å². The predicted molar refractivity (Wildman–Crippen MR) is 86.4 cm³/mol. The molecule has 2 aromatic rings. The molecule has 0 aromatic heterocycles. The fourth-order valence-electron chi connectivity index (χ4n) is 2.84. The van der Waals surface area contributed by atoms with E-state index in [0.717, 1.165) is 30.8 Å². The Morgan fingerprint density at radius 3 is 2.62 bits per heavy atom. The van der Waals surface area contributed by atoms with Gasteiger partial charge in [-0.25, -0.2) is 0 Å². The van der Waals surface area contributed by atoms with Crippen molar-refractivity contribution in [3.8, 4) is 0 Å². The molecule has 1 N–H and O–H groups in total. The largest absolute Gasteiger partial charge is 0.496 e. The van der Waals surface area contributed by atoms with E-state index >= 15 is 0 Å². The maximum Gasteiger partial charge on any atom is 0.416 e. The summed E-state index contributed by atoms with van der Waals surface area (Å²) in [6.45, 7) is 1.68. The minimum absolute atomic E-state index is 0.120. The van der Waals surface area contributed by atoms with E-state index in [1.165, 1.54) is 11.6 Å². The first-order valence-electron chi connectivity index (χ1n) is 7.76. The lowest BCUT2D eigenvalue weighted by atomic mass is 9.95. The maximum absolute atomic E-state index is 12.7. The summed E-state index contributed by atoms with van der Waals surface area (Å²) in [6, 6.07) is 15.3. The molecule has 1 aliphatic heterocycles. The molecule has 1 fully saturated rings. The number of ether oxygens (including phenoxy) is 1. The van der Waals surface area contributed by atoms with Crippen LogP contribution in [-0.4, -0.2) is 13.1 Å². The van der Waals surface area contributed by atoms with Crippen molar-refractivity contribution in [2.24, 2.45) is 0 Å². The van der Waals surface area contributed by atoms with E-state index in [9.17, 15) is 13.2 Å². The fourth-order valence-corrected chi connectivity index (χ4v) is 2.84. The molecule has 5 heteroatoms. The number of hydrogen-bond donors (Lipinski definition) is 1. The van der Waals surface area contributed by atoms with E-state index in [0.29, 0.717) is 5.56 Å². The number of hydrogen-bond acceptors (Lipinski definition) is 2. The summed E-state index contributed by atoms with van der Waals surface area (Å²) in [5.41, 5.74) is 2.16. The van der Waals surface area contributed by atoms with Crippen LogP contribution in [0.1, 0.15) is 22.6 Å². The van der Waals surface area contributed by atoms with Crippen LogP contribution in [0, 0.1) is 0 Å². The third kappa shape index (κ3) is 3.97. The Bertz CT molecular complexity index is 710. The third-order valence-corrected chi connectivity index (χ3v) is 4.07. The molecule has 1 aliphatic rings. The molecule has 0 bridgehead atoms. The maximum atomic E-state index is 12.7. The van der Waals surface area contributed by atoms with Crippen LogP contribution in [0.3, 0.4) is 0 Å². The number of benzene rings is 2. The molecule has 24 heavy (non-hydrogen) atoms. The van der Waals surface area contributed by atoms with Gasteiger partial charge in [0.05, 0.1) is 11.8 Å². The SMILES string of the molecule is FC(F)(F)c1cccc(CO/C=C2\CNC[C@H]2c2ccccc2)c1. The van der Waals surface area contributed by atoms with E-state index in [1.807, 2.05) is 18.2 Å². The van der Waals surface area contributed by atoms with Crippen LogP contribution in [0.15, 0.2) is 66.4 Å². The lowest BCUT2D eigenvalue weighted by Gasteiger charge is -2.12. The summed E-state index contributed by atoms with van der Waals surface area (Å²) in [7, 11) is 0. The quantitative estimate of drug-likeness (QED) is 0.832. The topological polar surface area (TPSA) is 21.3 Å². The first-order chi connectivity index (χ1) is 11.5. The van der Waals surface area contributed by atoms with Gasteiger partial charge in [0, 0.05) is 19.0 Å². The fraction of sp³-hybridized carbons (Fsp3) is 0.263. The molecular formula is C19H18F3NO. The van der Waals surface area contributed by atoms with Crippen molar-refractivity contribution in [3.63, 3.8) is 0 Å². The van der Waals surface area contributed by atoms with Gasteiger partial charge in [0.15, 0.2) is 0 Å². The smallest absolute Gasteiger partial charge is 0.416 e. The number of halogens is 3. The Labute approximate surface area is 139 Å². The normalized spacial score (nSPS) is 19.6. The van der Waals surface area contributed by atoms with Gasteiger partial charge < -0.3 is 10.1 Å². The molecule has 2 nitrogen and oxygen atoms in total. The van der Waals surface area contributed by atoms with E-state index in [4.69, 9.17) is 4.74 Å². The average molecular weight is 333 g/mol. The Kier molecular flexibility index (Phi) is 4.90. The zero-order valence-corrected chi connectivity index (χ0v) is 13.0. The molecule has 0 radical (unpaired) electrons. The monoisotopic (exact) mass is 333 g/mol. The van der Waals surface area contributed by atoms with Crippen LogP contribution in [-0.2, 0) is 17.5 Å². The molecular weight excluding hydrogens is 315 g/mol. The molecule has 0 spiro atoms. The Morgan fingerprint density at radius 2 is 1.88 bits per heavy atom. The van der Waals surface area contributed by atoms with Crippen LogP contribution in [0.5, 0.6) is 0 Å². The number of alkyl halides is 3. The summed E-state index contributed by atoms with van der Waals surface area (Å²) >= 11 is 0.